The van der Waals surface area contributed by atoms with Crippen LogP contribution in [-0.2, 0) is 0 Å². The zero-order valence-corrected chi connectivity index (χ0v) is 10.4. The number of rotatable bonds is 4. The fourth-order valence-electron chi connectivity index (χ4n) is 1.37. The molecule has 0 aliphatic rings. The molecule has 0 aliphatic heterocycles. The minimum atomic E-state index is 0.255. The van der Waals surface area contributed by atoms with Gasteiger partial charge in [0.15, 0.2) is 0 Å². The van der Waals surface area contributed by atoms with E-state index >= 15 is 0 Å². The maximum absolute atomic E-state index is 5.96. The summed E-state index contributed by atoms with van der Waals surface area (Å²) >= 11 is 11.6. The predicted molar refractivity (Wildman–Crippen MR) is 69.1 cm³/mol. The first-order valence-electron chi connectivity index (χ1n) is 4.91. The zero-order chi connectivity index (χ0) is 12.3. The van der Waals surface area contributed by atoms with Crippen molar-refractivity contribution in [2.75, 3.05) is 6.61 Å². The summed E-state index contributed by atoms with van der Waals surface area (Å²) in [6, 6.07) is 5.35. The van der Waals surface area contributed by atoms with Gasteiger partial charge in [-0.1, -0.05) is 29.8 Å². The maximum Gasteiger partial charge on any atom is 0.143 e. The van der Waals surface area contributed by atoms with Gasteiger partial charge in [0.05, 0.1) is 12.0 Å². The van der Waals surface area contributed by atoms with Crippen LogP contribution in [0.3, 0.4) is 0 Å². The van der Waals surface area contributed by atoms with Crippen molar-refractivity contribution in [3.05, 3.63) is 53.6 Å². The quantitative estimate of drug-likeness (QED) is 0.847. The van der Waals surface area contributed by atoms with Crippen molar-refractivity contribution in [2.45, 2.75) is 0 Å². The van der Waals surface area contributed by atoms with Crippen LogP contribution in [0.25, 0.3) is 5.69 Å². The van der Waals surface area contributed by atoms with Gasteiger partial charge in [-0.2, -0.15) is 0 Å². The molecule has 0 radical (unpaired) electrons. The van der Waals surface area contributed by atoms with Crippen molar-refractivity contribution in [2.24, 2.45) is 0 Å². The van der Waals surface area contributed by atoms with Gasteiger partial charge in [0, 0.05) is 22.4 Å². The van der Waals surface area contributed by atoms with E-state index in [4.69, 9.17) is 27.9 Å². The molecule has 0 spiro atoms. The summed E-state index contributed by atoms with van der Waals surface area (Å²) < 4.78 is 7.36. The number of hydrogen-bond acceptors (Lipinski definition) is 2. The highest BCUT2D eigenvalue weighted by molar-refractivity contribution is 6.30. The van der Waals surface area contributed by atoms with Crippen LogP contribution < -0.4 is 4.74 Å². The fourth-order valence-corrected chi connectivity index (χ4v) is 1.59. The van der Waals surface area contributed by atoms with E-state index < -0.39 is 0 Å². The molecule has 1 aromatic carbocycles. The average molecular weight is 269 g/mol. The smallest absolute Gasteiger partial charge is 0.143 e. The van der Waals surface area contributed by atoms with Crippen molar-refractivity contribution in [3.8, 4) is 11.4 Å². The van der Waals surface area contributed by atoms with E-state index in [1.807, 2.05) is 10.8 Å². The van der Waals surface area contributed by atoms with Crippen LogP contribution >= 0.6 is 23.2 Å². The van der Waals surface area contributed by atoms with E-state index in [0.29, 0.717) is 15.8 Å². The van der Waals surface area contributed by atoms with Crippen molar-refractivity contribution in [1.82, 2.24) is 9.55 Å². The van der Waals surface area contributed by atoms with Crippen molar-refractivity contribution in [3.63, 3.8) is 0 Å². The van der Waals surface area contributed by atoms with E-state index in [0.717, 1.165) is 5.69 Å². The maximum atomic E-state index is 5.96. The number of halogens is 2. The first-order chi connectivity index (χ1) is 8.16. The first-order valence-corrected chi connectivity index (χ1v) is 5.66. The van der Waals surface area contributed by atoms with Crippen molar-refractivity contribution < 1.29 is 4.74 Å². The molecule has 0 amide bonds. The van der Waals surface area contributed by atoms with E-state index in [1.54, 1.807) is 30.7 Å². The monoisotopic (exact) mass is 268 g/mol. The second-order valence-corrected chi connectivity index (χ2v) is 4.36. The number of benzene rings is 1. The molecule has 0 unspecified atom stereocenters. The molecule has 5 heteroatoms. The molecule has 0 fully saturated rings. The highest BCUT2D eigenvalue weighted by atomic mass is 35.5. The molecule has 0 aliphatic carbocycles. The van der Waals surface area contributed by atoms with Crippen LogP contribution in [0, 0.1) is 0 Å². The van der Waals surface area contributed by atoms with Gasteiger partial charge in [-0.25, -0.2) is 4.98 Å². The zero-order valence-electron chi connectivity index (χ0n) is 8.94. The second kappa shape index (κ2) is 5.25. The van der Waals surface area contributed by atoms with Crippen LogP contribution in [0.5, 0.6) is 5.75 Å². The standard InChI is InChI=1S/C12H10Cl2N2O/c1-9(13)7-17-12-3-2-10(14)6-11(12)16-5-4-15-8-16/h2-6,8H,1,7H2. The van der Waals surface area contributed by atoms with Crippen LogP contribution in [0.15, 0.2) is 48.5 Å². The third-order valence-corrected chi connectivity index (χ3v) is 2.43. The number of ether oxygens (including phenoxy) is 1. The van der Waals surface area contributed by atoms with Crippen LogP contribution in [0.1, 0.15) is 0 Å². The van der Waals surface area contributed by atoms with Crippen molar-refractivity contribution >= 4 is 23.2 Å². The fraction of sp³-hybridized carbons (Fsp3) is 0.0833. The Bertz CT molecular complexity index is 523. The minimum absolute atomic E-state index is 0.255. The molecule has 0 bridgehead atoms. The van der Waals surface area contributed by atoms with Gasteiger partial charge in [-0.3, -0.25) is 0 Å². The molecule has 2 aromatic rings. The number of hydrogen-bond donors (Lipinski definition) is 0. The average Bonchev–Trinajstić information content (AvgIpc) is 2.80. The van der Waals surface area contributed by atoms with Gasteiger partial charge in [0.25, 0.3) is 0 Å². The Labute approximate surface area is 109 Å². The largest absolute Gasteiger partial charge is 0.486 e. The first kappa shape index (κ1) is 12.0. The number of imidazole rings is 1. The molecule has 1 aromatic heterocycles. The molecule has 17 heavy (non-hydrogen) atoms. The summed E-state index contributed by atoms with van der Waals surface area (Å²) in [5.41, 5.74) is 0.813. The summed E-state index contributed by atoms with van der Waals surface area (Å²) in [5.74, 6) is 0.675. The van der Waals surface area contributed by atoms with Crippen LogP contribution in [0.2, 0.25) is 5.02 Å². The van der Waals surface area contributed by atoms with Gasteiger partial charge >= 0.3 is 0 Å². The SMILES string of the molecule is C=C(Cl)COc1ccc(Cl)cc1-n1ccnc1. The lowest BCUT2D eigenvalue weighted by atomic mass is 10.3. The molecule has 0 atom stereocenters. The summed E-state index contributed by atoms with van der Waals surface area (Å²) in [7, 11) is 0. The Kier molecular flexibility index (Phi) is 3.71. The van der Waals surface area contributed by atoms with Crippen LogP contribution in [0.4, 0.5) is 0 Å². The second-order valence-electron chi connectivity index (χ2n) is 3.39. The third-order valence-electron chi connectivity index (χ3n) is 2.09. The normalized spacial score (nSPS) is 10.2. The highest BCUT2D eigenvalue weighted by Crippen LogP contribution is 2.26. The van der Waals surface area contributed by atoms with Gasteiger partial charge < -0.3 is 9.30 Å². The topological polar surface area (TPSA) is 27.1 Å². The van der Waals surface area contributed by atoms with Gasteiger partial charge in [0.2, 0.25) is 0 Å². The Hall–Kier alpha value is -1.45. The van der Waals surface area contributed by atoms with Crippen LogP contribution in [-0.4, -0.2) is 16.2 Å². The van der Waals surface area contributed by atoms with Gasteiger partial charge in [0.1, 0.15) is 12.4 Å². The van der Waals surface area contributed by atoms with E-state index in [2.05, 4.69) is 11.6 Å². The van der Waals surface area contributed by atoms with E-state index in [-0.39, 0.29) is 6.61 Å². The molecule has 1 heterocycles. The molecule has 0 N–H and O–H groups in total. The Morgan fingerprint density at radius 1 is 1.47 bits per heavy atom. The Morgan fingerprint density at radius 2 is 2.29 bits per heavy atom. The molecular formula is C12H10Cl2N2O. The van der Waals surface area contributed by atoms with Crippen molar-refractivity contribution in [1.29, 1.82) is 0 Å². The van der Waals surface area contributed by atoms with Gasteiger partial charge in [-0.05, 0) is 18.2 Å². The van der Waals surface area contributed by atoms with E-state index in [9.17, 15) is 0 Å². The molecular weight excluding hydrogens is 259 g/mol. The Balaban J connectivity index is 2.34. The molecule has 0 saturated heterocycles. The lowest BCUT2D eigenvalue weighted by molar-refractivity contribution is 0.358. The number of aromatic nitrogens is 2. The predicted octanol–water partition coefficient (Wildman–Crippen LogP) is 3.66. The lowest BCUT2D eigenvalue weighted by Gasteiger charge is -2.11. The van der Waals surface area contributed by atoms with E-state index in [1.165, 1.54) is 0 Å². The molecule has 0 saturated carbocycles. The molecule has 2 rings (SSSR count). The molecule has 88 valence electrons. The van der Waals surface area contributed by atoms with Gasteiger partial charge in [-0.15, -0.1) is 0 Å². The number of nitrogens with zero attached hydrogens (tertiary/aromatic N) is 2. The lowest BCUT2D eigenvalue weighted by Crippen LogP contribution is -2.01. The summed E-state index contributed by atoms with van der Waals surface area (Å²) in [6.45, 7) is 3.83. The summed E-state index contributed by atoms with van der Waals surface area (Å²) in [5, 5.41) is 1.07. The molecule has 3 nitrogen and oxygen atoms in total. The summed E-state index contributed by atoms with van der Waals surface area (Å²) in [4.78, 5) is 3.99. The minimum Gasteiger partial charge on any atom is -0.486 e. The summed E-state index contributed by atoms with van der Waals surface area (Å²) in [6.07, 6.45) is 5.17. The highest BCUT2D eigenvalue weighted by Gasteiger charge is 2.06. The Morgan fingerprint density at radius 3 is 2.94 bits per heavy atom. The third kappa shape index (κ3) is 3.02.